The predicted molar refractivity (Wildman–Crippen MR) is 16.2 cm³/mol. The summed E-state index contributed by atoms with van der Waals surface area (Å²) in [7, 11) is 0. The number of hydrogen-bond donors (Lipinski definition) is 1. The zero-order valence-corrected chi connectivity index (χ0v) is 7.52. The van der Waals surface area contributed by atoms with Crippen LogP contribution in [0.25, 0.3) is 0 Å². The fourth-order valence-electron chi connectivity index (χ4n) is 0. The number of rotatable bonds is 0. The molecule has 0 aliphatic carbocycles. The molecule has 0 amide bonds. The Labute approximate surface area is 43.1 Å². The van der Waals surface area contributed by atoms with Crippen LogP contribution in [-0.4, -0.2) is 27.3 Å². The van der Waals surface area contributed by atoms with Gasteiger partial charge in [-0.1, -0.05) is 0 Å². The van der Waals surface area contributed by atoms with Gasteiger partial charge in [0.2, 0.25) is 0 Å². The summed E-state index contributed by atoms with van der Waals surface area (Å²) in [6, 6.07) is 0. The Bertz CT molecular complexity index is 13.5. The molecule has 1 N–H and O–H groups in total. The molecule has 3 nitrogen and oxygen atoms in total. The molecule has 4 heavy (non-hydrogen) atoms. The van der Waals surface area contributed by atoms with Crippen molar-refractivity contribution < 1.29 is 5.34 Å². The van der Waals surface area contributed by atoms with E-state index in [2.05, 4.69) is 0 Å². The average Bonchev–Trinajstić information content (AvgIpc) is 0.918. The monoisotopic (exact) mass is 257 g/mol. The third kappa shape index (κ3) is 39.1. The topological polar surface area (TPSA) is 54.1 Å². The molecule has 0 aliphatic heterocycles. The van der Waals surface area contributed by atoms with Gasteiger partial charge in [-0.05, 0) is 0 Å². The summed E-state index contributed by atoms with van der Waals surface area (Å²) in [6.45, 7) is 0. The van der Waals surface area contributed by atoms with Crippen LogP contribution in [0.1, 0.15) is 0 Å². The quantitative estimate of drug-likeness (QED) is 0.294. The Morgan fingerprint density at radius 2 is 1.75 bits per heavy atom. The molecule has 2 radical (unpaired) electrons. The summed E-state index contributed by atoms with van der Waals surface area (Å²) in [4.78, 5) is 8.12. The summed E-state index contributed by atoms with van der Waals surface area (Å²) < 4.78 is 0. The summed E-state index contributed by atoms with van der Waals surface area (Å²) in [6.07, 6.45) is 0. The molecule has 0 atom stereocenters. The first-order valence-electron chi connectivity index (χ1n) is 0.408. The standard InChI is InChI=1S/HNO2.Pb.2H/c2-1-3;;;/h1H;;;. The zero-order valence-electron chi connectivity index (χ0n) is 2.02. The minimum absolute atomic E-state index is 0. The fraction of sp³-hybridized carbons (Fsp3) is 0. The Morgan fingerprint density at radius 3 is 1.75 bits per heavy atom. The first-order chi connectivity index (χ1) is 1.41. The van der Waals surface area contributed by atoms with Gasteiger partial charge in [0.05, 0.1) is 0 Å². The molecule has 0 aromatic rings. The second-order valence-corrected chi connectivity index (χ2v) is 0.0833. The Morgan fingerprint density at radius 1 is 1.75 bits per heavy atom. The molecule has 0 unspecified atom stereocenters. The third-order valence-corrected chi connectivity index (χ3v) is 0. The van der Waals surface area contributed by atoms with E-state index in [4.69, 9.17) is 10.1 Å². The van der Waals surface area contributed by atoms with Gasteiger partial charge in [0.25, 0.3) is 0 Å². The normalized spacial score (nSPS) is 3.00. The van der Waals surface area contributed by atoms with Crippen LogP contribution < -0.4 is 5.34 Å². The van der Waals surface area contributed by atoms with Crippen LogP contribution in [0.2, 0.25) is 0 Å². The average molecular weight is 256 g/mol. The van der Waals surface area contributed by atoms with E-state index in [0.29, 0.717) is 0 Å². The van der Waals surface area contributed by atoms with Crippen molar-refractivity contribution in [3.63, 3.8) is 0 Å². The van der Waals surface area contributed by atoms with Gasteiger partial charge in [0.15, 0.2) is 0 Å². The Hall–Kier alpha value is 0.322. The van der Waals surface area contributed by atoms with Crippen molar-refractivity contribution in [3.8, 4) is 0 Å². The summed E-state index contributed by atoms with van der Waals surface area (Å²) in [5, 5.41) is 8.38. The molecular formula is H3NO2Pb. The van der Waals surface area contributed by atoms with E-state index in [1.165, 1.54) is 0 Å². The zero-order chi connectivity index (χ0) is 2.71. The molecule has 0 aromatic carbocycles. The number of hydrogen-bond acceptors (Lipinski definition) is 2. The van der Waals surface area contributed by atoms with Gasteiger partial charge < -0.3 is 0 Å². The second-order valence-electron chi connectivity index (χ2n) is 0.0833. The van der Waals surface area contributed by atoms with Crippen LogP contribution in [-0.2, 0) is 0 Å². The maximum absolute atomic E-state index is 8.12. The molecule has 24 valence electrons. The minimum atomic E-state index is 0. The van der Waals surface area contributed by atoms with Crippen LogP contribution >= 0.6 is 0 Å². The van der Waals surface area contributed by atoms with E-state index < -0.39 is 0 Å². The van der Waals surface area contributed by atoms with Crippen LogP contribution in [0.15, 0.2) is 0 Å². The Kier molecular flexibility index (Phi) is 22.7. The van der Waals surface area contributed by atoms with Crippen LogP contribution in [0, 0.1) is 10.1 Å². The number of nitrogens with one attached hydrogen (secondary N) is 1. The molecule has 0 aromatic heterocycles. The van der Waals surface area contributed by atoms with E-state index in [1.54, 1.807) is 0 Å². The van der Waals surface area contributed by atoms with Crippen molar-refractivity contribution in [2.45, 2.75) is 0 Å². The van der Waals surface area contributed by atoms with E-state index in [1.807, 2.05) is 0 Å². The van der Waals surface area contributed by atoms with Crippen molar-refractivity contribution in [2.75, 3.05) is 0 Å². The van der Waals surface area contributed by atoms with E-state index in [-0.39, 0.29) is 32.6 Å². The first-order valence-corrected chi connectivity index (χ1v) is 0.408. The van der Waals surface area contributed by atoms with Crippen LogP contribution in [0.5, 0.6) is 0 Å². The van der Waals surface area contributed by atoms with Gasteiger partial charge in [-0.2, -0.15) is 0 Å². The fourth-order valence-corrected chi connectivity index (χ4v) is 0. The summed E-state index contributed by atoms with van der Waals surface area (Å²) >= 11 is 0. The SMILES string of the molecule is O=[NH+][O-].[PbH2]. The molecule has 4 heteroatoms. The van der Waals surface area contributed by atoms with Gasteiger partial charge in [-0.25, -0.2) is 0 Å². The first kappa shape index (κ1) is 8.85. The third-order valence-electron chi connectivity index (χ3n) is 0. The summed E-state index contributed by atoms with van der Waals surface area (Å²) in [5.41, 5.74) is 0. The molecule has 0 rings (SSSR count). The molecule has 0 heterocycles. The van der Waals surface area contributed by atoms with Gasteiger partial charge in [-0.3, -0.25) is 10.1 Å². The molecule has 0 spiro atoms. The Balaban J connectivity index is 0. The molecule has 0 saturated carbocycles. The van der Waals surface area contributed by atoms with Crippen molar-refractivity contribution in [1.82, 2.24) is 0 Å². The van der Waals surface area contributed by atoms with Gasteiger partial charge in [0, 0.05) is 5.34 Å². The molecule has 0 bridgehead atoms. The van der Waals surface area contributed by atoms with Gasteiger partial charge in [0.1, 0.15) is 0 Å². The molecule has 0 fully saturated rings. The van der Waals surface area contributed by atoms with Crippen molar-refractivity contribution in [2.24, 2.45) is 0 Å². The molecular weight excluding hydrogens is 253 g/mol. The van der Waals surface area contributed by atoms with E-state index in [0.717, 1.165) is 0 Å². The van der Waals surface area contributed by atoms with Crippen molar-refractivity contribution in [3.05, 3.63) is 10.1 Å². The van der Waals surface area contributed by atoms with Crippen molar-refractivity contribution >= 4 is 27.3 Å². The van der Waals surface area contributed by atoms with Gasteiger partial charge >= 0.3 is 27.3 Å². The summed E-state index contributed by atoms with van der Waals surface area (Å²) in [5.74, 6) is 0. The molecule has 0 aliphatic rings. The maximum atomic E-state index is 8.12. The second kappa shape index (κ2) is 10.2. The van der Waals surface area contributed by atoms with Gasteiger partial charge in [-0.15, -0.1) is 0 Å². The van der Waals surface area contributed by atoms with Crippen LogP contribution in [0.3, 0.4) is 0 Å². The van der Waals surface area contributed by atoms with E-state index in [9.17, 15) is 0 Å². The predicted octanol–water partition coefficient (Wildman–Crippen LogP) is -2.58. The molecule has 0 saturated heterocycles. The van der Waals surface area contributed by atoms with Crippen LogP contribution in [0.4, 0.5) is 0 Å². The van der Waals surface area contributed by atoms with E-state index >= 15 is 0 Å². The van der Waals surface area contributed by atoms with Crippen molar-refractivity contribution in [1.29, 1.82) is 0 Å².